The van der Waals surface area contributed by atoms with Gasteiger partial charge in [-0.15, -0.1) is 11.3 Å². The Bertz CT molecular complexity index is 570. The van der Waals surface area contributed by atoms with Crippen molar-refractivity contribution in [3.8, 4) is 0 Å². The molecule has 1 unspecified atom stereocenters. The molecule has 0 aliphatic rings. The van der Waals surface area contributed by atoms with Gasteiger partial charge in [-0.05, 0) is 24.4 Å². The Morgan fingerprint density at radius 3 is 3.00 bits per heavy atom. The maximum atomic E-state index is 12.9. The summed E-state index contributed by atoms with van der Waals surface area (Å²) in [6.45, 7) is 1.67. The molecule has 0 bridgehead atoms. The molecule has 2 aromatic rings. The topological polar surface area (TPSA) is 62.2 Å². The number of rotatable bonds is 4. The van der Waals surface area contributed by atoms with Crippen LogP contribution in [0.4, 0.5) is 4.39 Å². The van der Waals surface area contributed by atoms with E-state index in [9.17, 15) is 14.3 Å². The Morgan fingerprint density at radius 2 is 2.37 bits per heavy atom. The molecule has 100 valence electrons. The number of halogens is 1. The molecule has 0 radical (unpaired) electrons. The lowest BCUT2D eigenvalue weighted by Crippen LogP contribution is -2.38. The summed E-state index contributed by atoms with van der Waals surface area (Å²) in [7, 11) is 0. The zero-order valence-corrected chi connectivity index (χ0v) is 11.1. The third-order valence-corrected chi connectivity index (χ3v) is 3.76. The summed E-state index contributed by atoms with van der Waals surface area (Å²) in [6.07, 6.45) is 1.22. The number of carbonyl (C=O) groups excluding carboxylic acids is 1. The van der Waals surface area contributed by atoms with Crippen LogP contribution in [0.15, 0.2) is 35.8 Å². The SMILES string of the molecule is CC(O)(CNC(=O)c1ccnc(F)c1)c1cccs1. The molecule has 1 atom stereocenters. The van der Waals surface area contributed by atoms with Gasteiger partial charge < -0.3 is 10.4 Å². The number of aliphatic hydroxyl groups is 1. The van der Waals surface area contributed by atoms with E-state index in [-0.39, 0.29) is 12.1 Å². The van der Waals surface area contributed by atoms with E-state index in [0.29, 0.717) is 0 Å². The third-order valence-electron chi connectivity index (χ3n) is 2.63. The summed E-state index contributed by atoms with van der Waals surface area (Å²) in [5.74, 6) is -1.16. The molecule has 0 saturated carbocycles. The zero-order valence-electron chi connectivity index (χ0n) is 10.3. The molecule has 1 amide bonds. The van der Waals surface area contributed by atoms with Gasteiger partial charge in [-0.2, -0.15) is 4.39 Å². The van der Waals surface area contributed by atoms with Gasteiger partial charge >= 0.3 is 0 Å². The predicted octanol–water partition coefficient (Wildman–Crippen LogP) is 1.92. The van der Waals surface area contributed by atoms with Crippen LogP contribution in [0.5, 0.6) is 0 Å². The lowest BCUT2D eigenvalue weighted by Gasteiger charge is -2.22. The van der Waals surface area contributed by atoms with Gasteiger partial charge in [0.05, 0.1) is 6.54 Å². The van der Waals surface area contributed by atoms with Crippen molar-refractivity contribution in [3.05, 3.63) is 52.2 Å². The van der Waals surface area contributed by atoms with Crippen molar-refractivity contribution in [1.82, 2.24) is 10.3 Å². The quantitative estimate of drug-likeness (QED) is 0.841. The zero-order chi connectivity index (χ0) is 13.9. The molecule has 0 aliphatic carbocycles. The average Bonchev–Trinajstić information content (AvgIpc) is 2.90. The van der Waals surface area contributed by atoms with E-state index in [4.69, 9.17) is 0 Å². The number of pyridine rings is 1. The van der Waals surface area contributed by atoms with E-state index < -0.39 is 17.5 Å². The van der Waals surface area contributed by atoms with Gasteiger partial charge in [0.25, 0.3) is 5.91 Å². The van der Waals surface area contributed by atoms with E-state index in [1.165, 1.54) is 23.6 Å². The van der Waals surface area contributed by atoms with Crippen molar-refractivity contribution in [2.24, 2.45) is 0 Å². The molecule has 2 N–H and O–H groups in total. The summed E-state index contributed by atoms with van der Waals surface area (Å²) >= 11 is 1.41. The number of thiophene rings is 1. The summed E-state index contributed by atoms with van der Waals surface area (Å²) in [5, 5.41) is 14.7. The van der Waals surface area contributed by atoms with Crippen LogP contribution in [0.1, 0.15) is 22.2 Å². The molecule has 0 saturated heterocycles. The maximum absolute atomic E-state index is 12.9. The van der Waals surface area contributed by atoms with Gasteiger partial charge in [0.15, 0.2) is 0 Å². The van der Waals surface area contributed by atoms with Crippen molar-refractivity contribution < 1.29 is 14.3 Å². The van der Waals surface area contributed by atoms with Crippen LogP contribution in [0.2, 0.25) is 0 Å². The second kappa shape index (κ2) is 5.46. The number of nitrogens with zero attached hydrogens (tertiary/aromatic N) is 1. The number of hydrogen-bond acceptors (Lipinski definition) is 4. The van der Waals surface area contributed by atoms with E-state index >= 15 is 0 Å². The predicted molar refractivity (Wildman–Crippen MR) is 70.4 cm³/mol. The molecule has 2 heterocycles. The van der Waals surface area contributed by atoms with Crippen molar-refractivity contribution >= 4 is 17.2 Å². The number of nitrogens with one attached hydrogen (secondary N) is 1. The molecule has 19 heavy (non-hydrogen) atoms. The van der Waals surface area contributed by atoms with Crippen LogP contribution in [0.25, 0.3) is 0 Å². The number of carbonyl (C=O) groups is 1. The van der Waals surface area contributed by atoms with Gasteiger partial charge in [0.1, 0.15) is 5.60 Å². The molecule has 0 spiro atoms. The Labute approximate surface area is 113 Å². The van der Waals surface area contributed by atoms with Crippen LogP contribution < -0.4 is 5.32 Å². The first-order valence-corrected chi connectivity index (χ1v) is 6.53. The summed E-state index contributed by atoms with van der Waals surface area (Å²) in [5.41, 5.74) is -0.968. The first-order chi connectivity index (χ1) is 8.99. The van der Waals surface area contributed by atoms with Crippen LogP contribution in [-0.2, 0) is 5.60 Å². The van der Waals surface area contributed by atoms with Crippen molar-refractivity contribution in [2.75, 3.05) is 6.54 Å². The van der Waals surface area contributed by atoms with Gasteiger partial charge in [-0.1, -0.05) is 6.07 Å². The fraction of sp³-hybridized carbons (Fsp3) is 0.231. The molecular weight excluding hydrogens is 267 g/mol. The van der Waals surface area contributed by atoms with Crippen LogP contribution >= 0.6 is 11.3 Å². The molecular formula is C13H13FN2O2S. The van der Waals surface area contributed by atoms with Gasteiger partial charge in [0, 0.05) is 22.7 Å². The first-order valence-electron chi connectivity index (χ1n) is 5.65. The first kappa shape index (κ1) is 13.6. The number of hydrogen-bond donors (Lipinski definition) is 2. The molecule has 0 fully saturated rings. The standard InChI is InChI=1S/C13H13FN2O2S/c1-13(18,10-3-2-6-19-10)8-16-12(17)9-4-5-15-11(14)7-9/h2-7,18H,8H2,1H3,(H,16,17). The van der Waals surface area contributed by atoms with Crippen molar-refractivity contribution in [1.29, 1.82) is 0 Å². The Balaban J connectivity index is 2.01. The van der Waals surface area contributed by atoms with Gasteiger partial charge in [-0.3, -0.25) is 4.79 Å². The molecule has 0 aromatic carbocycles. The maximum Gasteiger partial charge on any atom is 0.251 e. The third kappa shape index (κ3) is 3.36. The smallest absolute Gasteiger partial charge is 0.251 e. The van der Waals surface area contributed by atoms with Gasteiger partial charge in [0.2, 0.25) is 5.95 Å². The highest BCUT2D eigenvalue weighted by molar-refractivity contribution is 7.10. The minimum atomic E-state index is -1.14. The normalized spacial score (nSPS) is 13.8. The Hall–Kier alpha value is -1.79. The molecule has 2 aromatic heterocycles. The molecule has 4 nitrogen and oxygen atoms in total. The summed E-state index contributed by atoms with van der Waals surface area (Å²) < 4.78 is 12.9. The summed E-state index contributed by atoms with van der Waals surface area (Å²) in [6, 6.07) is 6.09. The van der Waals surface area contributed by atoms with Crippen molar-refractivity contribution in [3.63, 3.8) is 0 Å². The summed E-state index contributed by atoms with van der Waals surface area (Å²) in [4.78, 5) is 15.9. The molecule has 2 rings (SSSR count). The fourth-order valence-corrected chi connectivity index (χ4v) is 2.36. The van der Waals surface area contributed by atoms with Gasteiger partial charge in [-0.25, -0.2) is 4.98 Å². The minimum Gasteiger partial charge on any atom is -0.383 e. The Morgan fingerprint density at radius 1 is 1.58 bits per heavy atom. The average molecular weight is 280 g/mol. The lowest BCUT2D eigenvalue weighted by atomic mass is 10.1. The second-order valence-corrected chi connectivity index (χ2v) is 5.25. The van der Waals surface area contributed by atoms with Crippen molar-refractivity contribution in [2.45, 2.75) is 12.5 Å². The highest BCUT2D eigenvalue weighted by atomic mass is 32.1. The monoisotopic (exact) mass is 280 g/mol. The number of aromatic nitrogens is 1. The van der Waals surface area contributed by atoms with E-state index in [1.807, 2.05) is 11.4 Å². The molecule has 0 aliphatic heterocycles. The highest BCUT2D eigenvalue weighted by Crippen LogP contribution is 2.24. The Kier molecular flexibility index (Phi) is 3.92. The van der Waals surface area contributed by atoms with Crippen LogP contribution in [0, 0.1) is 5.95 Å². The largest absolute Gasteiger partial charge is 0.383 e. The van der Waals surface area contributed by atoms with E-state index in [0.717, 1.165) is 10.9 Å². The van der Waals surface area contributed by atoms with E-state index in [2.05, 4.69) is 10.3 Å². The minimum absolute atomic E-state index is 0.0519. The second-order valence-electron chi connectivity index (χ2n) is 4.30. The van der Waals surface area contributed by atoms with Crippen LogP contribution in [0.3, 0.4) is 0 Å². The lowest BCUT2D eigenvalue weighted by molar-refractivity contribution is 0.0556. The van der Waals surface area contributed by atoms with Crippen LogP contribution in [-0.4, -0.2) is 22.5 Å². The highest BCUT2D eigenvalue weighted by Gasteiger charge is 2.25. The number of amides is 1. The van der Waals surface area contributed by atoms with E-state index in [1.54, 1.807) is 13.0 Å². The molecule has 6 heteroatoms. The fourth-order valence-electron chi connectivity index (χ4n) is 1.57.